The van der Waals surface area contributed by atoms with Gasteiger partial charge in [-0.15, -0.1) is 11.6 Å². The first-order chi connectivity index (χ1) is 8.08. The Bertz CT molecular complexity index is 376. The maximum atomic E-state index is 11.9. The highest BCUT2D eigenvalue weighted by molar-refractivity contribution is 6.20. The average Bonchev–Trinajstić information content (AvgIpc) is 2.70. The number of nitrogens with zero attached hydrogens (tertiary/aromatic N) is 2. The van der Waals surface area contributed by atoms with Gasteiger partial charge < -0.3 is 5.32 Å². The number of alkyl halides is 1. The molecule has 1 amide bonds. The first-order valence-corrected chi connectivity index (χ1v) is 6.48. The van der Waals surface area contributed by atoms with Gasteiger partial charge in [-0.05, 0) is 32.8 Å². The van der Waals surface area contributed by atoms with E-state index in [4.69, 9.17) is 11.6 Å². The topological polar surface area (TPSA) is 46.9 Å². The molecule has 0 radical (unpaired) electrons. The second-order valence-electron chi connectivity index (χ2n) is 4.04. The number of hydrogen-bond acceptors (Lipinski definition) is 2. The summed E-state index contributed by atoms with van der Waals surface area (Å²) < 4.78 is 1.71. The number of aromatic nitrogens is 2. The Morgan fingerprint density at radius 2 is 2.29 bits per heavy atom. The molecule has 1 aromatic rings. The summed E-state index contributed by atoms with van der Waals surface area (Å²) in [4.78, 5) is 11.9. The van der Waals surface area contributed by atoms with E-state index in [1.54, 1.807) is 10.7 Å². The minimum absolute atomic E-state index is 0.0765. The van der Waals surface area contributed by atoms with E-state index < -0.39 is 0 Å². The van der Waals surface area contributed by atoms with Crippen LogP contribution in [0.5, 0.6) is 0 Å². The van der Waals surface area contributed by atoms with Crippen LogP contribution in [0.3, 0.4) is 0 Å². The molecular formula is C12H20ClN3O. The van der Waals surface area contributed by atoms with Crippen molar-refractivity contribution in [2.45, 2.75) is 45.5 Å². The normalized spacial score (nSPS) is 12.5. The molecule has 0 fully saturated rings. The van der Waals surface area contributed by atoms with Crippen molar-refractivity contribution < 1.29 is 4.79 Å². The summed E-state index contributed by atoms with van der Waals surface area (Å²) in [6, 6.07) is 1.80. The smallest absolute Gasteiger partial charge is 0.269 e. The third kappa shape index (κ3) is 4.04. The van der Waals surface area contributed by atoms with Crippen molar-refractivity contribution in [2.75, 3.05) is 6.54 Å². The van der Waals surface area contributed by atoms with Crippen LogP contribution in [-0.4, -0.2) is 27.6 Å². The fourth-order valence-electron chi connectivity index (χ4n) is 1.61. The van der Waals surface area contributed by atoms with Crippen LogP contribution >= 0.6 is 11.6 Å². The van der Waals surface area contributed by atoms with E-state index in [1.165, 1.54) is 0 Å². The third-order valence-corrected chi connectivity index (χ3v) is 3.15. The number of carbonyl (C=O) groups is 1. The monoisotopic (exact) mass is 257 g/mol. The highest BCUT2D eigenvalue weighted by Crippen LogP contribution is 2.06. The molecule has 1 unspecified atom stereocenters. The molecule has 0 saturated carbocycles. The van der Waals surface area contributed by atoms with E-state index in [0.29, 0.717) is 18.8 Å². The lowest BCUT2D eigenvalue weighted by atomic mass is 10.2. The summed E-state index contributed by atoms with van der Waals surface area (Å²) in [6.07, 6.45) is 1.71. The zero-order valence-electron chi connectivity index (χ0n) is 10.7. The lowest BCUT2D eigenvalue weighted by Crippen LogP contribution is -2.28. The van der Waals surface area contributed by atoms with Gasteiger partial charge in [0.15, 0.2) is 0 Å². The molecule has 0 saturated heterocycles. The van der Waals surface area contributed by atoms with E-state index >= 15 is 0 Å². The number of carbonyl (C=O) groups excluding carboxylic acids is 1. The molecule has 0 spiro atoms. The van der Waals surface area contributed by atoms with Gasteiger partial charge in [0.25, 0.3) is 5.91 Å². The molecule has 5 heteroatoms. The summed E-state index contributed by atoms with van der Waals surface area (Å²) in [5.74, 6) is -0.0765. The van der Waals surface area contributed by atoms with Crippen LogP contribution in [0.15, 0.2) is 6.07 Å². The quantitative estimate of drug-likeness (QED) is 0.796. The SMILES string of the molecule is CCC(Cl)CCNC(=O)c1cc(C)nn1CC. The van der Waals surface area contributed by atoms with Gasteiger partial charge >= 0.3 is 0 Å². The van der Waals surface area contributed by atoms with Crippen LogP contribution < -0.4 is 5.32 Å². The van der Waals surface area contributed by atoms with E-state index in [2.05, 4.69) is 10.4 Å². The molecule has 0 aromatic carbocycles. The molecule has 1 aromatic heterocycles. The van der Waals surface area contributed by atoms with Crippen molar-refractivity contribution in [3.63, 3.8) is 0 Å². The Labute approximate surface area is 107 Å². The summed E-state index contributed by atoms with van der Waals surface area (Å²) in [5.41, 5.74) is 1.48. The Balaban J connectivity index is 2.52. The lowest BCUT2D eigenvalue weighted by molar-refractivity contribution is 0.0942. The Morgan fingerprint density at radius 1 is 1.59 bits per heavy atom. The van der Waals surface area contributed by atoms with E-state index in [0.717, 1.165) is 18.5 Å². The average molecular weight is 258 g/mol. The molecule has 0 aliphatic carbocycles. The standard InChI is InChI=1S/C12H20ClN3O/c1-4-10(13)6-7-14-12(17)11-8-9(3)15-16(11)5-2/h8,10H,4-7H2,1-3H3,(H,14,17). The summed E-state index contributed by atoms with van der Waals surface area (Å²) in [7, 11) is 0. The van der Waals surface area contributed by atoms with Crippen molar-refractivity contribution in [3.05, 3.63) is 17.5 Å². The van der Waals surface area contributed by atoms with Gasteiger partial charge in [-0.3, -0.25) is 9.48 Å². The molecule has 1 atom stereocenters. The fraction of sp³-hybridized carbons (Fsp3) is 0.667. The third-order valence-electron chi connectivity index (χ3n) is 2.62. The van der Waals surface area contributed by atoms with Gasteiger partial charge in [-0.25, -0.2) is 0 Å². The number of halogens is 1. The van der Waals surface area contributed by atoms with Crippen molar-refractivity contribution in [3.8, 4) is 0 Å². The number of hydrogen-bond donors (Lipinski definition) is 1. The molecular weight excluding hydrogens is 238 g/mol. The first-order valence-electron chi connectivity index (χ1n) is 6.05. The summed E-state index contributed by atoms with van der Waals surface area (Å²) in [6.45, 7) is 7.19. The molecule has 1 N–H and O–H groups in total. The highest BCUT2D eigenvalue weighted by atomic mass is 35.5. The molecule has 1 heterocycles. The number of rotatable bonds is 6. The van der Waals surface area contributed by atoms with Crippen molar-refractivity contribution in [1.29, 1.82) is 0 Å². The predicted octanol–water partition coefficient (Wildman–Crippen LogP) is 2.35. The molecule has 0 aliphatic rings. The van der Waals surface area contributed by atoms with Crippen molar-refractivity contribution in [1.82, 2.24) is 15.1 Å². The fourth-order valence-corrected chi connectivity index (χ4v) is 1.72. The minimum atomic E-state index is -0.0765. The van der Waals surface area contributed by atoms with Crippen LogP contribution in [0.1, 0.15) is 42.9 Å². The molecule has 1 rings (SSSR count). The Kier molecular flexibility index (Phi) is 5.48. The van der Waals surface area contributed by atoms with Crippen LogP contribution in [0, 0.1) is 6.92 Å². The van der Waals surface area contributed by atoms with Gasteiger partial charge in [-0.1, -0.05) is 6.92 Å². The molecule has 0 aliphatic heterocycles. The maximum Gasteiger partial charge on any atom is 0.269 e. The number of nitrogens with one attached hydrogen (secondary N) is 1. The molecule has 0 bridgehead atoms. The van der Waals surface area contributed by atoms with Crippen molar-refractivity contribution in [2.24, 2.45) is 0 Å². The number of amides is 1. The molecule has 17 heavy (non-hydrogen) atoms. The van der Waals surface area contributed by atoms with E-state index in [9.17, 15) is 4.79 Å². The first kappa shape index (κ1) is 14.0. The van der Waals surface area contributed by atoms with Crippen LogP contribution in [0.25, 0.3) is 0 Å². The summed E-state index contributed by atoms with van der Waals surface area (Å²) in [5, 5.41) is 7.24. The van der Waals surface area contributed by atoms with Crippen LogP contribution in [0.2, 0.25) is 0 Å². The highest BCUT2D eigenvalue weighted by Gasteiger charge is 2.12. The Morgan fingerprint density at radius 3 is 2.88 bits per heavy atom. The van der Waals surface area contributed by atoms with Gasteiger partial charge in [0.1, 0.15) is 5.69 Å². The second-order valence-corrected chi connectivity index (χ2v) is 4.65. The van der Waals surface area contributed by atoms with Crippen LogP contribution in [0.4, 0.5) is 0 Å². The largest absolute Gasteiger partial charge is 0.351 e. The number of aryl methyl sites for hydroxylation is 2. The van der Waals surface area contributed by atoms with Gasteiger partial charge in [0.2, 0.25) is 0 Å². The van der Waals surface area contributed by atoms with Crippen LogP contribution in [-0.2, 0) is 6.54 Å². The van der Waals surface area contributed by atoms with Gasteiger partial charge in [0, 0.05) is 18.5 Å². The van der Waals surface area contributed by atoms with Gasteiger partial charge in [-0.2, -0.15) is 5.10 Å². The summed E-state index contributed by atoms with van der Waals surface area (Å²) >= 11 is 5.99. The molecule has 96 valence electrons. The van der Waals surface area contributed by atoms with Gasteiger partial charge in [0.05, 0.1) is 5.69 Å². The lowest BCUT2D eigenvalue weighted by Gasteiger charge is -2.08. The van der Waals surface area contributed by atoms with Crippen molar-refractivity contribution >= 4 is 17.5 Å². The minimum Gasteiger partial charge on any atom is -0.351 e. The molecule has 4 nitrogen and oxygen atoms in total. The zero-order valence-corrected chi connectivity index (χ0v) is 11.4. The Hall–Kier alpha value is -1.03. The maximum absolute atomic E-state index is 11.9. The van der Waals surface area contributed by atoms with E-state index in [1.807, 2.05) is 20.8 Å². The van der Waals surface area contributed by atoms with E-state index in [-0.39, 0.29) is 11.3 Å². The zero-order chi connectivity index (χ0) is 12.8. The predicted molar refractivity (Wildman–Crippen MR) is 69.5 cm³/mol. The second kappa shape index (κ2) is 6.64.